The Bertz CT molecular complexity index is 263. The summed E-state index contributed by atoms with van der Waals surface area (Å²) in [5, 5.41) is 0.290. The smallest absolute Gasteiger partial charge is 0.229 e. The van der Waals surface area contributed by atoms with Crippen LogP contribution in [0.25, 0.3) is 0 Å². The van der Waals surface area contributed by atoms with E-state index < -0.39 is 4.16 Å². The molecule has 0 bridgehead atoms. The van der Waals surface area contributed by atoms with Crippen LogP contribution in [0.4, 0.5) is 8.78 Å². The fourth-order valence-corrected chi connectivity index (χ4v) is 1.41. The summed E-state index contributed by atoms with van der Waals surface area (Å²) in [7, 11) is 0. The highest BCUT2D eigenvalue weighted by Crippen LogP contribution is 2.38. The first-order valence-corrected chi connectivity index (χ1v) is 4.69. The Labute approximate surface area is 84.9 Å². The molecule has 0 atom stereocenters. The van der Waals surface area contributed by atoms with Gasteiger partial charge in [0.15, 0.2) is 5.16 Å². The Morgan fingerprint density at radius 1 is 1.42 bits per heavy atom. The van der Waals surface area contributed by atoms with Gasteiger partial charge in [-0.2, -0.15) is 8.78 Å². The molecule has 7 heteroatoms. The van der Waals surface area contributed by atoms with E-state index in [0.717, 1.165) is 0 Å². The molecule has 1 heterocycles. The summed E-state index contributed by atoms with van der Waals surface area (Å²) in [6.45, 7) is 0. The Morgan fingerprint density at radius 2 is 1.92 bits per heavy atom. The highest BCUT2D eigenvalue weighted by Gasteiger charge is 2.27. The topological polar surface area (TPSA) is 25.8 Å². The molecule has 12 heavy (non-hydrogen) atoms. The summed E-state index contributed by atoms with van der Waals surface area (Å²) in [6.07, 6.45) is 2.52. The van der Waals surface area contributed by atoms with Gasteiger partial charge in [-0.25, -0.2) is 9.97 Å². The van der Waals surface area contributed by atoms with Crippen LogP contribution in [0.5, 0.6) is 0 Å². The van der Waals surface area contributed by atoms with Gasteiger partial charge in [-0.15, -0.1) is 0 Å². The van der Waals surface area contributed by atoms with Crippen molar-refractivity contribution in [3.63, 3.8) is 0 Å². The van der Waals surface area contributed by atoms with Crippen molar-refractivity contribution >= 4 is 39.3 Å². The number of thioether (sulfide) groups is 1. The minimum Gasteiger partial charge on any atom is -0.229 e. The van der Waals surface area contributed by atoms with Gasteiger partial charge in [0.25, 0.3) is 0 Å². The van der Waals surface area contributed by atoms with Crippen LogP contribution in [0.3, 0.4) is 0 Å². The number of alkyl halides is 3. The first-order valence-electron chi connectivity index (χ1n) is 2.71. The summed E-state index contributed by atoms with van der Waals surface area (Å²) < 4.78 is 21.5. The summed E-state index contributed by atoms with van der Waals surface area (Å²) in [6, 6.07) is 0. The number of halogens is 4. The fraction of sp³-hybridized carbons (Fsp3) is 0.200. The van der Waals surface area contributed by atoms with Gasteiger partial charge >= 0.3 is 4.16 Å². The van der Waals surface area contributed by atoms with Crippen LogP contribution in [-0.4, -0.2) is 14.1 Å². The summed E-state index contributed by atoms with van der Waals surface area (Å²) in [4.78, 5) is 7.15. The predicted octanol–water partition coefficient (Wildman–Crippen LogP) is 3.17. The van der Waals surface area contributed by atoms with Gasteiger partial charge in [-0.3, -0.25) is 0 Å². The molecule has 0 aromatic carbocycles. The Morgan fingerprint density at radius 3 is 2.33 bits per heavy atom. The summed E-state index contributed by atoms with van der Waals surface area (Å²) in [5.74, 6) is 0. The molecule has 0 spiro atoms. The zero-order chi connectivity index (χ0) is 9.19. The van der Waals surface area contributed by atoms with Gasteiger partial charge in [-0.1, -0.05) is 11.6 Å². The van der Waals surface area contributed by atoms with E-state index in [-0.39, 0.29) is 16.9 Å². The van der Waals surface area contributed by atoms with E-state index in [1.807, 2.05) is 0 Å². The third kappa shape index (κ3) is 3.64. The molecule has 2 nitrogen and oxygen atoms in total. The summed E-state index contributed by atoms with van der Waals surface area (Å²) >= 11 is 7.81. The SMILES string of the molecule is FC(F)(Br)Sc1ncc(Cl)cn1. The molecule has 1 aromatic heterocycles. The molecule has 1 rings (SSSR count). The van der Waals surface area contributed by atoms with Gasteiger partial charge in [0.05, 0.1) is 17.4 Å². The number of rotatable bonds is 2. The first kappa shape index (κ1) is 10.1. The van der Waals surface area contributed by atoms with E-state index in [1.165, 1.54) is 12.4 Å². The monoisotopic (exact) mass is 274 g/mol. The van der Waals surface area contributed by atoms with Gasteiger partial charge in [0.1, 0.15) is 0 Å². The fourth-order valence-electron chi connectivity index (χ4n) is 0.457. The third-order valence-electron chi connectivity index (χ3n) is 0.804. The highest BCUT2D eigenvalue weighted by molar-refractivity contribution is 9.11. The quantitative estimate of drug-likeness (QED) is 0.471. The van der Waals surface area contributed by atoms with Gasteiger partial charge in [0.2, 0.25) is 0 Å². The van der Waals surface area contributed by atoms with Gasteiger partial charge in [0, 0.05) is 27.7 Å². The maximum atomic E-state index is 12.3. The molecule has 0 aliphatic rings. The second-order valence-corrected chi connectivity index (χ2v) is 4.77. The molecule has 0 saturated heterocycles. The Balaban J connectivity index is 2.71. The molecule has 0 aliphatic heterocycles. The molecule has 0 fully saturated rings. The van der Waals surface area contributed by atoms with Crippen molar-refractivity contribution in [1.82, 2.24) is 9.97 Å². The Kier molecular flexibility index (Phi) is 3.25. The van der Waals surface area contributed by atoms with Crippen molar-refractivity contribution < 1.29 is 8.78 Å². The van der Waals surface area contributed by atoms with Crippen LogP contribution < -0.4 is 0 Å². The van der Waals surface area contributed by atoms with E-state index in [2.05, 4.69) is 25.9 Å². The minimum atomic E-state index is -3.04. The number of aromatic nitrogens is 2. The normalized spacial score (nSPS) is 11.7. The highest BCUT2D eigenvalue weighted by atomic mass is 79.9. The van der Waals surface area contributed by atoms with Crippen molar-refractivity contribution in [2.45, 2.75) is 9.32 Å². The minimum absolute atomic E-state index is 0.0266. The molecule has 0 N–H and O–H groups in total. The molecular weight excluding hydrogens is 273 g/mol. The number of hydrogen-bond acceptors (Lipinski definition) is 3. The molecule has 0 aliphatic carbocycles. The molecule has 0 amide bonds. The van der Waals surface area contributed by atoms with E-state index in [9.17, 15) is 8.78 Å². The van der Waals surface area contributed by atoms with Crippen molar-refractivity contribution in [2.24, 2.45) is 0 Å². The van der Waals surface area contributed by atoms with E-state index in [1.54, 1.807) is 0 Å². The van der Waals surface area contributed by atoms with Crippen LogP contribution >= 0.6 is 39.3 Å². The number of nitrogens with zero attached hydrogens (tertiary/aromatic N) is 2. The maximum absolute atomic E-state index is 12.3. The largest absolute Gasteiger partial charge is 0.356 e. The number of hydrogen-bond donors (Lipinski definition) is 0. The average molecular weight is 276 g/mol. The lowest BCUT2D eigenvalue weighted by Gasteiger charge is -2.04. The molecular formula is C5H2BrClF2N2S. The Hall–Kier alpha value is 0.0600. The van der Waals surface area contributed by atoms with Crippen molar-refractivity contribution in [2.75, 3.05) is 0 Å². The van der Waals surface area contributed by atoms with Crippen molar-refractivity contribution in [3.8, 4) is 0 Å². The molecule has 0 saturated carbocycles. The molecule has 0 unspecified atom stereocenters. The van der Waals surface area contributed by atoms with Crippen LogP contribution in [-0.2, 0) is 0 Å². The zero-order valence-electron chi connectivity index (χ0n) is 5.47. The van der Waals surface area contributed by atoms with Gasteiger partial charge in [-0.05, 0) is 0 Å². The second-order valence-electron chi connectivity index (χ2n) is 1.73. The standard InChI is InChI=1S/C5H2BrClF2N2S/c6-5(8,9)12-4-10-1-3(7)2-11-4/h1-2H. The summed E-state index contributed by atoms with van der Waals surface area (Å²) in [5.41, 5.74) is 0. The molecule has 66 valence electrons. The molecule has 1 aromatic rings. The predicted molar refractivity (Wildman–Crippen MR) is 46.8 cm³/mol. The first-order chi connectivity index (χ1) is 5.47. The lowest BCUT2D eigenvalue weighted by molar-refractivity contribution is 0.220. The lowest BCUT2D eigenvalue weighted by Crippen LogP contribution is -1.98. The van der Waals surface area contributed by atoms with Gasteiger partial charge < -0.3 is 0 Å². The van der Waals surface area contributed by atoms with Crippen LogP contribution in [0.15, 0.2) is 17.6 Å². The van der Waals surface area contributed by atoms with E-state index in [4.69, 9.17) is 11.6 Å². The second kappa shape index (κ2) is 3.85. The van der Waals surface area contributed by atoms with Crippen LogP contribution in [0.2, 0.25) is 5.02 Å². The molecule has 0 radical (unpaired) electrons. The maximum Gasteiger partial charge on any atom is 0.356 e. The van der Waals surface area contributed by atoms with Crippen molar-refractivity contribution in [1.29, 1.82) is 0 Å². The van der Waals surface area contributed by atoms with E-state index in [0.29, 0.717) is 5.02 Å². The average Bonchev–Trinajstić information content (AvgIpc) is 1.91. The van der Waals surface area contributed by atoms with Crippen LogP contribution in [0, 0.1) is 0 Å². The van der Waals surface area contributed by atoms with Crippen LogP contribution in [0.1, 0.15) is 0 Å². The zero-order valence-corrected chi connectivity index (χ0v) is 8.63. The van der Waals surface area contributed by atoms with E-state index >= 15 is 0 Å². The lowest BCUT2D eigenvalue weighted by atomic mass is 10.7. The third-order valence-corrected chi connectivity index (χ3v) is 2.11. The van der Waals surface area contributed by atoms with Crippen molar-refractivity contribution in [3.05, 3.63) is 17.4 Å².